The largest absolute Gasteiger partial charge is 0.497 e. The maximum absolute atomic E-state index is 12.8. The van der Waals surface area contributed by atoms with Crippen LogP contribution in [0.1, 0.15) is 18.4 Å². The van der Waals surface area contributed by atoms with Crippen LogP contribution in [0.2, 0.25) is 0 Å². The van der Waals surface area contributed by atoms with E-state index in [4.69, 9.17) is 4.74 Å². The van der Waals surface area contributed by atoms with Crippen LogP contribution < -0.4 is 4.74 Å². The molecule has 162 valence electrons. The molecule has 1 fully saturated rings. The van der Waals surface area contributed by atoms with E-state index >= 15 is 0 Å². The summed E-state index contributed by atoms with van der Waals surface area (Å²) in [5.41, 5.74) is 2.28. The Morgan fingerprint density at radius 2 is 1.61 bits per heavy atom. The standard InChI is InChI=1S/C25H29N3O3/c1-31-22-10-11-23-21(18-22)12-13-28(23)19-25(30)27-16-14-26(15-17-27)24(29)9-5-8-20-6-3-2-4-7-20/h2-4,6-7,10-13,18H,5,8-9,14-17,19H2,1H3. The van der Waals surface area contributed by atoms with Gasteiger partial charge in [-0.05, 0) is 42.7 Å². The van der Waals surface area contributed by atoms with E-state index in [1.807, 2.05) is 63.0 Å². The summed E-state index contributed by atoms with van der Waals surface area (Å²) in [6.07, 6.45) is 4.27. The molecule has 1 saturated heterocycles. The van der Waals surface area contributed by atoms with Gasteiger partial charge in [-0.3, -0.25) is 9.59 Å². The van der Waals surface area contributed by atoms with Crippen molar-refractivity contribution in [3.63, 3.8) is 0 Å². The molecule has 0 bridgehead atoms. The Morgan fingerprint density at radius 1 is 0.903 bits per heavy atom. The first-order valence-electron chi connectivity index (χ1n) is 10.9. The molecule has 0 saturated carbocycles. The van der Waals surface area contributed by atoms with Gasteiger partial charge in [-0.15, -0.1) is 0 Å². The first-order chi connectivity index (χ1) is 15.1. The summed E-state index contributed by atoms with van der Waals surface area (Å²) >= 11 is 0. The van der Waals surface area contributed by atoms with E-state index < -0.39 is 0 Å². The Kier molecular flexibility index (Phi) is 6.55. The molecule has 0 unspecified atom stereocenters. The number of carbonyl (C=O) groups excluding carboxylic acids is 2. The normalized spacial score (nSPS) is 14.1. The number of benzene rings is 2. The van der Waals surface area contributed by atoms with Crippen molar-refractivity contribution in [3.05, 3.63) is 66.4 Å². The fourth-order valence-corrected chi connectivity index (χ4v) is 4.14. The number of hydrogen-bond donors (Lipinski definition) is 0. The molecule has 2 aromatic carbocycles. The molecule has 6 heteroatoms. The summed E-state index contributed by atoms with van der Waals surface area (Å²) in [4.78, 5) is 29.1. The monoisotopic (exact) mass is 419 g/mol. The number of nitrogens with zero attached hydrogens (tertiary/aromatic N) is 3. The van der Waals surface area contributed by atoms with Gasteiger partial charge in [-0.25, -0.2) is 0 Å². The van der Waals surface area contributed by atoms with E-state index in [1.54, 1.807) is 7.11 Å². The summed E-state index contributed by atoms with van der Waals surface area (Å²) in [7, 11) is 1.65. The van der Waals surface area contributed by atoms with Gasteiger partial charge in [0.15, 0.2) is 0 Å². The van der Waals surface area contributed by atoms with Crippen LogP contribution in [-0.2, 0) is 22.6 Å². The summed E-state index contributed by atoms with van der Waals surface area (Å²) in [5, 5.41) is 1.05. The topological polar surface area (TPSA) is 54.8 Å². The third-order valence-electron chi connectivity index (χ3n) is 5.97. The van der Waals surface area contributed by atoms with Crippen molar-refractivity contribution in [1.29, 1.82) is 0 Å². The molecule has 2 amide bonds. The zero-order chi connectivity index (χ0) is 21.6. The van der Waals surface area contributed by atoms with Crippen molar-refractivity contribution in [2.45, 2.75) is 25.8 Å². The maximum Gasteiger partial charge on any atom is 0.242 e. The zero-order valence-corrected chi connectivity index (χ0v) is 18.0. The van der Waals surface area contributed by atoms with Crippen LogP contribution in [0.25, 0.3) is 10.9 Å². The number of piperazine rings is 1. The lowest BCUT2D eigenvalue weighted by Gasteiger charge is -2.35. The van der Waals surface area contributed by atoms with Crippen LogP contribution in [0, 0.1) is 0 Å². The van der Waals surface area contributed by atoms with Crippen LogP contribution >= 0.6 is 0 Å². The predicted molar refractivity (Wildman–Crippen MR) is 121 cm³/mol. The van der Waals surface area contributed by atoms with Crippen molar-refractivity contribution in [1.82, 2.24) is 14.4 Å². The first-order valence-corrected chi connectivity index (χ1v) is 10.9. The molecule has 1 aliphatic rings. The van der Waals surface area contributed by atoms with Crippen LogP contribution in [0.4, 0.5) is 0 Å². The minimum absolute atomic E-state index is 0.0875. The summed E-state index contributed by atoms with van der Waals surface area (Å²) in [6.45, 7) is 2.71. The highest BCUT2D eigenvalue weighted by molar-refractivity contribution is 5.84. The van der Waals surface area contributed by atoms with Gasteiger partial charge in [-0.1, -0.05) is 30.3 Å². The lowest BCUT2D eigenvalue weighted by Crippen LogP contribution is -2.51. The van der Waals surface area contributed by atoms with Crippen LogP contribution in [0.3, 0.4) is 0 Å². The van der Waals surface area contributed by atoms with Crippen LogP contribution in [0.15, 0.2) is 60.8 Å². The van der Waals surface area contributed by atoms with Gasteiger partial charge in [-0.2, -0.15) is 0 Å². The number of aromatic nitrogens is 1. The maximum atomic E-state index is 12.8. The predicted octanol–water partition coefficient (Wildman–Crippen LogP) is 3.34. The number of hydrogen-bond acceptors (Lipinski definition) is 3. The molecule has 0 atom stereocenters. The second kappa shape index (κ2) is 9.69. The number of ether oxygens (including phenoxy) is 1. The molecular formula is C25H29N3O3. The van der Waals surface area contributed by atoms with Gasteiger partial charge in [0, 0.05) is 49.7 Å². The Labute approximate surface area is 183 Å². The third kappa shape index (κ3) is 5.08. The fourth-order valence-electron chi connectivity index (χ4n) is 4.14. The van der Waals surface area contributed by atoms with E-state index in [9.17, 15) is 9.59 Å². The number of fused-ring (bicyclic) bond motifs is 1. The van der Waals surface area contributed by atoms with Crippen molar-refractivity contribution in [2.24, 2.45) is 0 Å². The number of amides is 2. The molecule has 6 nitrogen and oxygen atoms in total. The summed E-state index contributed by atoms with van der Waals surface area (Å²) < 4.78 is 7.24. The Morgan fingerprint density at radius 3 is 2.32 bits per heavy atom. The quantitative estimate of drug-likeness (QED) is 0.590. The number of methoxy groups -OCH3 is 1. The highest BCUT2D eigenvalue weighted by Crippen LogP contribution is 2.22. The average Bonchev–Trinajstić information content (AvgIpc) is 3.21. The summed E-state index contributed by atoms with van der Waals surface area (Å²) in [6, 6.07) is 18.1. The summed E-state index contributed by atoms with van der Waals surface area (Å²) in [5.74, 6) is 1.08. The molecule has 4 rings (SSSR count). The molecule has 31 heavy (non-hydrogen) atoms. The average molecular weight is 420 g/mol. The van der Waals surface area contributed by atoms with Gasteiger partial charge in [0.2, 0.25) is 11.8 Å². The fraction of sp³-hybridized carbons (Fsp3) is 0.360. The first kappa shape index (κ1) is 21.0. The highest BCUT2D eigenvalue weighted by atomic mass is 16.5. The van der Waals surface area contributed by atoms with Crippen molar-refractivity contribution in [3.8, 4) is 5.75 Å². The van der Waals surface area contributed by atoms with Crippen molar-refractivity contribution < 1.29 is 14.3 Å². The third-order valence-corrected chi connectivity index (χ3v) is 5.97. The minimum Gasteiger partial charge on any atom is -0.497 e. The molecule has 3 aromatic rings. The van der Waals surface area contributed by atoms with Gasteiger partial charge in [0.05, 0.1) is 7.11 Å². The van der Waals surface area contributed by atoms with Crippen molar-refractivity contribution >= 4 is 22.7 Å². The van der Waals surface area contributed by atoms with Gasteiger partial charge >= 0.3 is 0 Å². The van der Waals surface area contributed by atoms with Crippen LogP contribution in [0.5, 0.6) is 5.75 Å². The smallest absolute Gasteiger partial charge is 0.242 e. The van der Waals surface area contributed by atoms with E-state index in [-0.39, 0.29) is 11.8 Å². The van der Waals surface area contributed by atoms with Gasteiger partial charge in [0.25, 0.3) is 0 Å². The van der Waals surface area contributed by atoms with E-state index in [1.165, 1.54) is 5.56 Å². The number of rotatable bonds is 7. The molecule has 1 aromatic heterocycles. The number of aryl methyl sites for hydroxylation is 1. The zero-order valence-electron chi connectivity index (χ0n) is 18.0. The lowest BCUT2D eigenvalue weighted by molar-refractivity contribution is -0.139. The Balaban J connectivity index is 1.24. The van der Waals surface area contributed by atoms with E-state index in [0.29, 0.717) is 39.1 Å². The Bertz CT molecular complexity index is 1040. The second-order valence-electron chi connectivity index (χ2n) is 7.97. The molecule has 0 radical (unpaired) electrons. The molecule has 0 aliphatic carbocycles. The minimum atomic E-state index is 0.0875. The van der Waals surface area contributed by atoms with E-state index in [0.717, 1.165) is 29.5 Å². The molecule has 1 aliphatic heterocycles. The molecule has 0 spiro atoms. The van der Waals surface area contributed by atoms with Crippen LogP contribution in [-0.4, -0.2) is 59.5 Å². The molecule has 2 heterocycles. The molecular weight excluding hydrogens is 390 g/mol. The van der Waals surface area contributed by atoms with Crippen molar-refractivity contribution in [2.75, 3.05) is 33.3 Å². The number of carbonyl (C=O) groups is 2. The Hall–Kier alpha value is -3.28. The van der Waals surface area contributed by atoms with Gasteiger partial charge < -0.3 is 19.1 Å². The second-order valence-corrected chi connectivity index (χ2v) is 7.97. The molecule has 0 N–H and O–H groups in total. The highest BCUT2D eigenvalue weighted by Gasteiger charge is 2.24. The van der Waals surface area contributed by atoms with Gasteiger partial charge in [0.1, 0.15) is 12.3 Å². The lowest BCUT2D eigenvalue weighted by atomic mass is 10.1. The SMILES string of the molecule is COc1ccc2c(ccn2CC(=O)N2CCN(C(=O)CCCc3ccccc3)CC2)c1. The van der Waals surface area contributed by atoms with E-state index in [2.05, 4.69) is 12.1 Å².